The van der Waals surface area contributed by atoms with Gasteiger partial charge >= 0.3 is 6.18 Å². The fourth-order valence-corrected chi connectivity index (χ4v) is 3.38. The first-order valence-corrected chi connectivity index (χ1v) is 9.90. The van der Waals surface area contributed by atoms with E-state index in [0.29, 0.717) is 49.9 Å². The maximum Gasteiger partial charge on any atom is 0.403 e. The summed E-state index contributed by atoms with van der Waals surface area (Å²) in [5.41, 5.74) is 1.11. The van der Waals surface area contributed by atoms with Crippen molar-refractivity contribution in [1.82, 2.24) is 24.7 Å². The summed E-state index contributed by atoms with van der Waals surface area (Å²) in [6.45, 7) is 5.52. The summed E-state index contributed by atoms with van der Waals surface area (Å²) in [6, 6.07) is 3.45. The fourth-order valence-electron chi connectivity index (χ4n) is 3.38. The van der Waals surface area contributed by atoms with E-state index in [0.717, 1.165) is 0 Å². The maximum absolute atomic E-state index is 14.4. The van der Waals surface area contributed by atoms with Gasteiger partial charge in [0.15, 0.2) is 5.96 Å². The molecule has 0 radical (unpaired) electrons. The molecule has 1 aromatic heterocycles. The van der Waals surface area contributed by atoms with Crippen molar-refractivity contribution < 1.29 is 17.6 Å². The van der Waals surface area contributed by atoms with E-state index in [1.165, 1.54) is 24.2 Å². The molecule has 1 saturated heterocycles. The molecule has 2 aromatic rings. The minimum absolute atomic E-state index is 0.266. The summed E-state index contributed by atoms with van der Waals surface area (Å²) in [6.07, 6.45) is 0.543. The molecule has 0 aliphatic carbocycles. The first-order valence-electron chi connectivity index (χ1n) is 9.90. The normalized spacial score (nSPS) is 17.3. The highest BCUT2D eigenvalue weighted by atomic mass is 19.4. The number of alkyl halides is 3. The van der Waals surface area contributed by atoms with Gasteiger partial charge in [-0.05, 0) is 31.5 Å². The van der Waals surface area contributed by atoms with Gasteiger partial charge in [0.25, 0.3) is 0 Å². The third-order valence-corrected chi connectivity index (χ3v) is 5.18. The largest absolute Gasteiger partial charge is 0.403 e. The number of aromatic nitrogens is 2. The molecule has 0 saturated carbocycles. The lowest BCUT2D eigenvalue weighted by atomic mass is 10.2. The Kier molecular flexibility index (Phi) is 6.96. The summed E-state index contributed by atoms with van der Waals surface area (Å²) in [4.78, 5) is 11.9. The molecule has 1 aliphatic heterocycles. The molecule has 1 aliphatic rings. The fraction of sp³-hybridized carbons (Fsp3) is 0.500. The van der Waals surface area contributed by atoms with Gasteiger partial charge in [-0.1, -0.05) is 6.07 Å². The minimum atomic E-state index is -4.23. The van der Waals surface area contributed by atoms with Crippen LogP contribution in [0.15, 0.2) is 41.9 Å². The van der Waals surface area contributed by atoms with E-state index in [-0.39, 0.29) is 12.4 Å². The highest BCUT2D eigenvalue weighted by molar-refractivity contribution is 5.80. The number of rotatable bonds is 5. The van der Waals surface area contributed by atoms with E-state index in [2.05, 4.69) is 15.3 Å². The van der Waals surface area contributed by atoms with Crippen LogP contribution in [0, 0.1) is 5.82 Å². The Balaban J connectivity index is 1.65. The summed E-state index contributed by atoms with van der Waals surface area (Å²) >= 11 is 0. The predicted molar refractivity (Wildman–Crippen MR) is 107 cm³/mol. The van der Waals surface area contributed by atoms with E-state index < -0.39 is 12.2 Å². The number of guanidine groups is 1. The van der Waals surface area contributed by atoms with E-state index in [1.54, 1.807) is 29.1 Å². The second-order valence-electron chi connectivity index (χ2n) is 7.17. The SMILES string of the molecule is CCNC(=NCc1ccc(-n2ccnc2)c(F)c1)N1CCN(C(C)C(F)(F)F)CC1. The third-order valence-electron chi connectivity index (χ3n) is 5.18. The number of imidazole rings is 1. The Hall–Kier alpha value is -2.62. The maximum atomic E-state index is 14.4. The lowest BCUT2D eigenvalue weighted by molar-refractivity contribution is -0.181. The molecule has 0 amide bonds. The smallest absolute Gasteiger partial charge is 0.357 e. The van der Waals surface area contributed by atoms with Crippen LogP contribution in [0.25, 0.3) is 5.69 Å². The third kappa shape index (κ3) is 5.29. The number of hydrogen-bond donors (Lipinski definition) is 1. The van der Waals surface area contributed by atoms with Crippen molar-refractivity contribution in [2.45, 2.75) is 32.6 Å². The summed E-state index contributed by atoms with van der Waals surface area (Å²) in [5, 5.41) is 3.17. The van der Waals surface area contributed by atoms with Crippen LogP contribution in [-0.2, 0) is 6.54 Å². The average Bonchev–Trinajstić information content (AvgIpc) is 3.24. The van der Waals surface area contributed by atoms with Gasteiger partial charge in [0, 0.05) is 45.1 Å². The highest BCUT2D eigenvalue weighted by Crippen LogP contribution is 2.25. The zero-order chi connectivity index (χ0) is 21.7. The molecule has 0 bridgehead atoms. The Labute approximate surface area is 173 Å². The van der Waals surface area contributed by atoms with Crippen molar-refractivity contribution >= 4 is 5.96 Å². The van der Waals surface area contributed by atoms with Crippen LogP contribution >= 0.6 is 0 Å². The average molecular weight is 426 g/mol. The van der Waals surface area contributed by atoms with Crippen LogP contribution in [0.2, 0.25) is 0 Å². The number of piperazine rings is 1. The number of benzene rings is 1. The van der Waals surface area contributed by atoms with Crippen LogP contribution in [0.1, 0.15) is 19.4 Å². The first kappa shape index (κ1) is 22.1. The van der Waals surface area contributed by atoms with Crippen LogP contribution in [-0.4, -0.2) is 70.3 Å². The highest BCUT2D eigenvalue weighted by Gasteiger charge is 2.41. The van der Waals surface area contributed by atoms with Gasteiger partial charge in [-0.3, -0.25) is 4.90 Å². The predicted octanol–water partition coefficient (Wildman–Crippen LogP) is 3.05. The molecule has 0 spiro atoms. The molecule has 1 aromatic carbocycles. The van der Waals surface area contributed by atoms with E-state index >= 15 is 0 Å². The monoisotopic (exact) mass is 426 g/mol. The standard InChI is InChI=1S/C20H26F4N6/c1-3-26-19(29-10-8-28(9-11-29)15(2)20(22,23)24)27-13-16-4-5-18(17(21)12-16)30-7-6-25-14-30/h4-7,12,14-15H,3,8-11,13H2,1-2H3,(H,26,27). The molecule has 6 nitrogen and oxygen atoms in total. The summed E-state index contributed by atoms with van der Waals surface area (Å²) < 4.78 is 54.9. The summed E-state index contributed by atoms with van der Waals surface area (Å²) in [7, 11) is 0. The van der Waals surface area contributed by atoms with Gasteiger partial charge in [-0.2, -0.15) is 13.2 Å². The molecular formula is C20H26F4N6. The van der Waals surface area contributed by atoms with Crippen LogP contribution in [0.5, 0.6) is 0 Å². The molecule has 1 atom stereocenters. The van der Waals surface area contributed by atoms with Crippen molar-refractivity contribution in [1.29, 1.82) is 0 Å². The summed E-state index contributed by atoms with van der Waals surface area (Å²) in [5.74, 6) is 0.247. The van der Waals surface area contributed by atoms with Gasteiger partial charge in [0.1, 0.15) is 11.9 Å². The molecule has 1 unspecified atom stereocenters. The lowest BCUT2D eigenvalue weighted by Crippen LogP contribution is -2.56. The number of nitrogens with one attached hydrogen (secondary N) is 1. The van der Waals surface area contributed by atoms with Crippen molar-refractivity contribution in [2.24, 2.45) is 4.99 Å². The molecule has 10 heteroatoms. The zero-order valence-electron chi connectivity index (χ0n) is 17.0. The number of halogens is 4. The topological polar surface area (TPSA) is 48.7 Å². The molecule has 2 heterocycles. The Morgan fingerprint density at radius 3 is 2.53 bits per heavy atom. The van der Waals surface area contributed by atoms with Gasteiger partial charge in [-0.15, -0.1) is 0 Å². The molecular weight excluding hydrogens is 400 g/mol. The van der Waals surface area contributed by atoms with Crippen LogP contribution in [0.4, 0.5) is 17.6 Å². The van der Waals surface area contributed by atoms with Gasteiger partial charge in [0.2, 0.25) is 0 Å². The Morgan fingerprint density at radius 1 is 1.23 bits per heavy atom. The van der Waals surface area contributed by atoms with Crippen LogP contribution < -0.4 is 5.32 Å². The van der Waals surface area contributed by atoms with E-state index in [9.17, 15) is 17.6 Å². The van der Waals surface area contributed by atoms with Gasteiger partial charge < -0.3 is 14.8 Å². The first-order chi connectivity index (χ1) is 14.3. The van der Waals surface area contributed by atoms with Crippen LogP contribution in [0.3, 0.4) is 0 Å². The molecule has 164 valence electrons. The second-order valence-corrected chi connectivity index (χ2v) is 7.17. The van der Waals surface area contributed by atoms with Gasteiger partial charge in [0.05, 0.1) is 18.6 Å². The molecule has 3 rings (SSSR count). The molecule has 30 heavy (non-hydrogen) atoms. The quantitative estimate of drug-likeness (QED) is 0.454. The van der Waals surface area contributed by atoms with Crippen molar-refractivity contribution in [3.63, 3.8) is 0 Å². The minimum Gasteiger partial charge on any atom is -0.357 e. The van der Waals surface area contributed by atoms with E-state index in [4.69, 9.17) is 0 Å². The number of hydrogen-bond acceptors (Lipinski definition) is 3. The molecule has 1 N–H and O–H groups in total. The van der Waals surface area contributed by atoms with Crippen molar-refractivity contribution in [3.05, 3.63) is 48.3 Å². The van der Waals surface area contributed by atoms with Crippen molar-refractivity contribution in [3.8, 4) is 5.69 Å². The van der Waals surface area contributed by atoms with Gasteiger partial charge in [-0.25, -0.2) is 14.4 Å². The second kappa shape index (κ2) is 9.46. The Morgan fingerprint density at radius 2 is 1.97 bits per heavy atom. The number of nitrogens with zero attached hydrogens (tertiary/aromatic N) is 5. The number of aliphatic imine (C=N–C) groups is 1. The van der Waals surface area contributed by atoms with E-state index in [1.807, 2.05) is 11.8 Å². The van der Waals surface area contributed by atoms with Crippen molar-refractivity contribution in [2.75, 3.05) is 32.7 Å². The Bertz CT molecular complexity index is 841. The lowest BCUT2D eigenvalue weighted by Gasteiger charge is -2.39. The zero-order valence-corrected chi connectivity index (χ0v) is 17.0. The molecule has 1 fully saturated rings.